The molecule has 0 aliphatic rings. The molecule has 0 radical (unpaired) electrons. The fourth-order valence-electron chi connectivity index (χ4n) is 1.17. The number of aliphatic carboxylic acids is 1. The summed E-state index contributed by atoms with van der Waals surface area (Å²) < 4.78 is 0. The first kappa shape index (κ1) is 11.2. The fraction of sp³-hybridized carbons (Fsp3) is 0.200. The standard InChI is InChI=1S/C10H11NO4/c11-8(10(14)15)5-6-2-1-3-7(4-6)9(12)13/h1-4,8H,5,11H2,(H,12,13)(H,14,15). The van der Waals surface area contributed by atoms with Crippen LogP contribution in [-0.4, -0.2) is 28.2 Å². The highest BCUT2D eigenvalue weighted by atomic mass is 16.4. The second-order valence-electron chi connectivity index (χ2n) is 3.15. The van der Waals surface area contributed by atoms with Crippen LogP contribution in [0.4, 0.5) is 0 Å². The Kier molecular flexibility index (Phi) is 3.41. The maximum Gasteiger partial charge on any atom is 0.335 e. The van der Waals surface area contributed by atoms with E-state index in [0.717, 1.165) is 0 Å². The Morgan fingerprint density at radius 2 is 2.00 bits per heavy atom. The van der Waals surface area contributed by atoms with Gasteiger partial charge in [0.05, 0.1) is 5.56 Å². The van der Waals surface area contributed by atoms with Gasteiger partial charge in [-0.3, -0.25) is 4.79 Å². The van der Waals surface area contributed by atoms with Crippen molar-refractivity contribution in [3.63, 3.8) is 0 Å². The number of nitrogens with two attached hydrogens (primary N) is 1. The van der Waals surface area contributed by atoms with Crippen molar-refractivity contribution in [3.05, 3.63) is 35.4 Å². The minimum Gasteiger partial charge on any atom is -0.480 e. The molecule has 4 N–H and O–H groups in total. The van der Waals surface area contributed by atoms with Crippen LogP contribution >= 0.6 is 0 Å². The van der Waals surface area contributed by atoms with E-state index in [1.165, 1.54) is 12.1 Å². The topological polar surface area (TPSA) is 101 Å². The zero-order valence-electron chi connectivity index (χ0n) is 7.88. The number of hydrogen-bond donors (Lipinski definition) is 3. The molecule has 0 heterocycles. The average Bonchev–Trinajstić information content (AvgIpc) is 2.18. The van der Waals surface area contributed by atoms with Gasteiger partial charge in [-0.15, -0.1) is 0 Å². The van der Waals surface area contributed by atoms with Crippen molar-refractivity contribution in [2.24, 2.45) is 5.73 Å². The number of hydrogen-bond acceptors (Lipinski definition) is 3. The van der Waals surface area contributed by atoms with Crippen molar-refractivity contribution in [2.75, 3.05) is 0 Å². The maximum atomic E-state index is 10.6. The van der Waals surface area contributed by atoms with Gasteiger partial charge in [0.25, 0.3) is 0 Å². The van der Waals surface area contributed by atoms with Crippen LogP contribution in [-0.2, 0) is 11.2 Å². The Morgan fingerprint density at radius 1 is 1.33 bits per heavy atom. The molecule has 1 atom stereocenters. The molecule has 0 aliphatic carbocycles. The molecule has 0 aromatic heterocycles. The molecule has 1 aromatic rings. The van der Waals surface area contributed by atoms with E-state index in [0.29, 0.717) is 5.56 Å². The molecular weight excluding hydrogens is 198 g/mol. The Morgan fingerprint density at radius 3 is 2.53 bits per heavy atom. The van der Waals surface area contributed by atoms with E-state index >= 15 is 0 Å². The van der Waals surface area contributed by atoms with E-state index in [-0.39, 0.29) is 12.0 Å². The van der Waals surface area contributed by atoms with Crippen molar-refractivity contribution in [3.8, 4) is 0 Å². The molecule has 0 spiro atoms. The highest BCUT2D eigenvalue weighted by molar-refractivity contribution is 5.87. The smallest absolute Gasteiger partial charge is 0.335 e. The Hall–Kier alpha value is -1.88. The van der Waals surface area contributed by atoms with E-state index in [1.807, 2.05) is 0 Å². The van der Waals surface area contributed by atoms with Crippen LogP contribution in [0, 0.1) is 0 Å². The summed E-state index contributed by atoms with van der Waals surface area (Å²) in [4.78, 5) is 21.1. The maximum absolute atomic E-state index is 10.6. The molecule has 0 saturated carbocycles. The SMILES string of the molecule is NC(Cc1cccc(C(=O)O)c1)C(=O)O. The molecule has 1 unspecified atom stereocenters. The molecule has 0 bridgehead atoms. The molecule has 0 aliphatic heterocycles. The molecule has 0 fully saturated rings. The molecular formula is C10H11NO4. The molecule has 5 heteroatoms. The summed E-state index contributed by atoms with van der Waals surface area (Å²) in [6.07, 6.45) is 0.121. The van der Waals surface area contributed by atoms with Gasteiger partial charge in [0, 0.05) is 0 Å². The van der Waals surface area contributed by atoms with Gasteiger partial charge < -0.3 is 15.9 Å². The van der Waals surface area contributed by atoms with Crippen molar-refractivity contribution in [1.82, 2.24) is 0 Å². The third-order valence-corrected chi connectivity index (χ3v) is 1.95. The lowest BCUT2D eigenvalue weighted by atomic mass is 10.0. The lowest BCUT2D eigenvalue weighted by molar-refractivity contribution is -0.138. The van der Waals surface area contributed by atoms with Crippen LogP contribution in [0.15, 0.2) is 24.3 Å². The van der Waals surface area contributed by atoms with Crippen LogP contribution in [0.1, 0.15) is 15.9 Å². The molecule has 80 valence electrons. The molecule has 1 aromatic carbocycles. The number of benzene rings is 1. The summed E-state index contributed by atoms with van der Waals surface area (Å²) in [7, 11) is 0. The van der Waals surface area contributed by atoms with Crippen LogP contribution in [0.5, 0.6) is 0 Å². The van der Waals surface area contributed by atoms with Gasteiger partial charge in [-0.2, -0.15) is 0 Å². The molecule has 5 nitrogen and oxygen atoms in total. The molecule has 0 saturated heterocycles. The van der Waals surface area contributed by atoms with E-state index < -0.39 is 18.0 Å². The summed E-state index contributed by atoms with van der Waals surface area (Å²) in [5.41, 5.74) is 6.06. The lowest BCUT2D eigenvalue weighted by Crippen LogP contribution is -2.32. The second-order valence-corrected chi connectivity index (χ2v) is 3.15. The van der Waals surface area contributed by atoms with Crippen molar-refractivity contribution < 1.29 is 19.8 Å². The van der Waals surface area contributed by atoms with Gasteiger partial charge in [-0.1, -0.05) is 12.1 Å². The van der Waals surface area contributed by atoms with E-state index in [9.17, 15) is 9.59 Å². The van der Waals surface area contributed by atoms with Crippen molar-refractivity contribution in [1.29, 1.82) is 0 Å². The summed E-state index contributed by atoms with van der Waals surface area (Å²) in [6.45, 7) is 0. The normalized spacial score (nSPS) is 12.1. The Labute approximate surface area is 86.1 Å². The first-order chi connectivity index (χ1) is 7.00. The third kappa shape index (κ3) is 3.07. The fourth-order valence-corrected chi connectivity index (χ4v) is 1.17. The Balaban J connectivity index is 2.82. The predicted octanol–water partition coefficient (Wildman–Crippen LogP) is 0.339. The monoisotopic (exact) mass is 209 g/mol. The third-order valence-electron chi connectivity index (χ3n) is 1.95. The van der Waals surface area contributed by atoms with Gasteiger partial charge in [-0.25, -0.2) is 4.79 Å². The number of aromatic carboxylic acids is 1. The zero-order chi connectivity index (χ0) is 11.4. The molecule has 0 amide bonds. The second kappa shape index (κ2) is 4.56. The van der Waals surface area contributed by atoms with Crippen LogP contribution in [0.25, 0.3) is 0 Å². The number of carbonyl (C=O) groups is 2. The highest BCUT2D eigenvalue weighted by Gasteiger charge is 2.12. The highest BCUT2D eigenvalue weighted by Crippen LogP contribution is 2.07. The molecule has 1 rings (SSSR count). The molecule has 15 heavy (non-hydrogen) atoms. The average molecular weight is 209 g/mol. The largest absolute Gasteiger partial charge is 0.480 e. The van der Waals surface area contributed by atoms with Gasteiger partial charge in [0.15, 0.2) is 0 Å². The van der Waals surface area contributed by atoms with Crippen molar-refractivity contribution in [2.45, 2.75) is 12.5 Å². The van der Waals surface area contributed by atoms with E-state index in [2.05, 4.69) is 0 Å². The number of carboxylic acids is 2. The number of rotatable bonds is 4. The predicted molar refractivity (Wildman–Crippen MR) is 52.7 cm³/mol. The summed E-state index contributed by atoms with van der Waals surface area (Å²) >= 11 is 0. The van der Waals surface area contributed by atoms with E-state index in [1.54, 1.807) is 12.1 Å². The van der Waals surface area contributed by atoms with Gasteiger partial charge >= 0.3 is 11.9 Å². The van der Waals surface area contributed by atoms with E-state index in [4.69, 9.17) is 15.9 Å². The van der Waals surface area contributed by atoms with Gasteiger partial charge in [0.2, 0.25) is 0 Å². The van der Waals surface area contributed by atoms with Gasteiger partial charge in [0.1, 0.15) is 6.04 Å². The van der Waals surface area contributed by atoms with Crippen LogP contribution < -0.4 is 5.73 Å². The van der Waals surface area contributed by atoms with Gasteiger partial charge in [-0.05, 0) is 24.1 Å². The summed E-state index contributed by atoms with van der Waals surface area (Å²) in [5.74, 6) is -2.14. The van der Waals surface area contributed by atoms with Crippen LogP contribution in [0.2, 0.25) is 0 Å². The first-order valence-corrected chi connectivity index (χ1v) is 4.31. The quantitative estimate of drug-likeness (QED) is 0.663. The van der Waals surface area contributed by atoms with Crippen LogP contribution in [0.3, 0.4) is 0 Å². The minimum atomic E-state index is -1.10. The first-order valence-electron chi connectivity index (χ1n) is 4.31. The Bertz CT molecular complexity index is 389. The summed E-state index contributed by atoms with van der Waals surface area (Å²) in [5, 5.41) is 17.3. The number of carboxylic acid groups (broad SMARTS) is 2. The zero-order valence-corrected chi connectivity index (χ0v) is 7.88. The van der Waals surface area contributed by atoms with Crippen molar-refractivity contribution >= 4 is 11.9 Å². The lowest BCUT2D eigenvalue weighted by Gasteiger charge is -2.06. The summed E-state index contributed by atoms with van der Waals surface area (Å²) in [6, 6.07) is 5.07. The minimum absolute atomic E-state index is 0.121.